The summed E-state index contributed by atoms with van der Waals surface area (Å²) in [4.78, 5) is 9.05. The lowest BCUT2D eigenvalue weighted by molar-refractivity contribution is 0.278. The van der Waals surface area contributed by atoms with Gasteiger partial charge >= 0.3 is 0 Å². The van der Waals surface area contributed by atoms with Gasteiger partial charge in [0.25, 0.3) is 0 Å². The lowest BCUT2D eigenvalue weighted by atomic mass is 10.2. The zero-order chi connectivity index (χ0) is 17.3. The molecule has 0 atom stereocenters. The molecule has 2 heterocycles. The molecule has 0 saturated carbocycles. The third-order valence-electron chi connectivity index (χ3n) is 4.72. The standard InChI is InChI=1S/C19H21N3O2S/c23-25(24)18-10-5-4-9-17(18)20-19(25)22-12-6-11-21(13-14-22)15-16-7-2-1-3-8-16/h1-5,7-10H,6,11-15H2. The van der Waals surface area contributed by atoms with E-state index >= 15 is 0 Å². The fourth-order valence-electron chi connectivity index (χ4n) is 3.44. The largest absolute Gasteiger partial charge is 0.345 e. The van der Waals surface area contributed by atoms with Gasteiger partial charge in [0.1, 0.15) is 4.90 Å². The molecule has 25 heavy (non-hydrogen) atoms. The van der Waals surface area contributed by atoms with Gasteiger partial charge in [-0.05, 0) is 24.1 Å². The summed E-state index contributed by atoms with van der Waals surface area (Å²) in [6, 6.07) is 17.4. The summed E-state index contributed by atoms with van der Waals surface area (Å²) in [6.07, 6.45) is 0.928. The van der Waals surface area contributed by atoms with Crippen LogP contribution in [-0.2, 0) is 16.4 Å². The molecule has 130 valence electrons. The second-order valence-corrected chi connectivity index (χ2v) is 8.28. The third-order valence-corrected chi connectivity index (χ3v) is 6.47. The number of amidine groups is 1. The quantitative estimate of drug-likeness (QED) is 0.831. The molecule has 0 bridgehead atoms. The van der Waals surface area contributed by atoms with Crippen LogP contribution in [0.2, 0.25) is 0 Å². The summed E-state index contributed by atoms with van der Waals surface area (Å²) in [7, 11) is -3.48. The normalized spacial score (nSPS) is 20.0. The average Bonchev–Trinajstić information content (AvgIpc) is 2.76. The second-order valence-electron chi connectivity index (χ2n) is 6.47. The van der Waals surface area contributed by atoms with Gasteiger partial charge in [-0.3, -0.25) is 4.90 Å². The van der Waals surface area contributed by atoms with Crippen LogP contribution >= 0.6 is 0 Å². The van der Waals surface area contributed by atoms with Gasteiger partial charge in [0.15, 0.2) is 0 Å². The summed E-state index contributed by atoms with van der Waals surface area (Å²) in [5.41, 5.74) is 1.84. The molecule has 0 aromatic heterocycles. The number of fused-ring (bicyclic) bond motifs is 1. The summed E-state index contributed by atoms with van der Waals surface area (Å²) in [5.74, 6) is 0. The van der Waals surface area contributed by atoms with E-state index in [2.05, 4.69) is 34.2 Å². The first-order valence-electron chi connectivity index (χ1n) is 8.59. The molecule has 2 aromatic rings. The molecule has 2 aliphatic rings. The van der Waals surface area contributed by atoms with E-state index in [1.807, 2.05) is 17.0 Å². The number of sulfone groups is 1. The molecule has 2 aromatic carbocycles. The molecule has 4 rings (SSSR count). The number of hydrogen-bond donors (Lipinski definition) is 0. The average molecular weight is 355 g/mol. The number of para-hydroxylation sites is 1. The van der Waals surface area contributed by atoms with Crippen molar-refractivity contribution < 1.29 is 8.42 Å². The number of aliphatic imine (C=N–C) groups is 1. The number of hydrogen-bond acceptors (Lipinski definition) is 5. The Morgan fingerprint density at radius 1 is 0.880 bits per heavy atom. The van der Waals surface area contributed by atoms with Crippen molar-refractivity contribution >= 4 is 20.7 Å². The van der Waals surface area contributed by atoms with Crippen LogP contribution in [0, 0.1) is 0 Å². The maximum absolute atomic E-state index is 12.8. The Bertz CT molecular complexity index is 894. The van der Waals surface area contributed by atoms with Crippen LogP contribution in [0.3, 0.4) is 0 Å². The van der Waals surface area contributed by atoms with E-state index in [1.54, 1.807) is 18.2 Å². The van der Waals surface area contributed by atoms with Crippen LogP contribution in [-0.4, -0.2) is 49.6 Å². The molecule has 1 fully saturated rings. The predicted molar refractivity (Wildman–Crippen MR) is 98.6 cm³/mol. The van der Waals surface area contributed by atoms with Crippen molar-refractivity contribution in [3.63, 3.8) is 0 Å². The molecule has 0 amide bonds. The van der Waals surface area contributed by atoms with Gasteiger partial charge in [-0.25, -0.2) is 13.4 Å². The molecule has 0 spiro atoms. The molecule has 1 saturated heterocycles. The Balaban J connectivity index is 1.49. The van der Waals surface area contributed by atoms with Gasteiger partial charge in [-0.2, -0.15) is 0 Å². The topological polar surface area (TPSA) is 53.0 Å². The summed E-state index contributed by atoms with van der Waals surface area (Å²) in [6.45, 7) is 4.09. The Morgan fingerprint density at radius 2 is 1.64 bits per heavy atom. The minimum Gasteiger partial charge on any atom is -0.345 e. The van der Waals surface area contributed by atoms with E-state index in [0.717, 1.165) is 32.6 Å². The van der Waals surface area contributed by atoms with Gasteiger partial charge < -0.3 is 4.90 Å². The predicted octanol–water partition coefficient (Wildman–Crippen LogP) is 2.67. The Labute approximate surface area is 148 Å². The van der Waals surface area contributed by atoms with Crippen molar-refractivity contribution in [2.75, 3.05) is 26.2 Å². The minimum absolute atomic E-state index is 0.218. The molecule has 0 unspecified atom stereocenters. The van der Waals surface area contributed by atoms with Crippen LogP contribution in [0.15, 0.2) is 64.5 Å². The fraction of sp³-hybridized carbons (Fsp3) is 0.316. The van der Waals surface area contributed by atoms with E-state index in [9.17, 15) is 8.42 Å². The summed E-state index contributed by atoms with van der Waals surface area (Å²) in [5, 5.41) is 0.218. The van der Waals surface area contributed by atoms with Gasteiger partial charge in [-0.1, -0.05) is 42.5 Å². The van der Waals surface area contributed by atoms with Crippen LogP contribution < -0.4 is 0 Å². The first-order chi connectivity index (χ1) is 12.1. The highest BCUT2D eigenvalue weighted by Gasteiger charge is 2.35. The van der Waals surface area contributed by atoms with Crippen molar-refractivity contribution in [1.82, 2.24) is 9.80 Å². The monoisotopic (exact) mass is 355 g/mol. The summed E-state index contributed by atoms with van der Waals surface area (Å²) < 4.78 is 25.6. The van der Waals surface area contributed by atoms with Gasteiger partial charge in [0, 0.05) is 32.7 Å². The molecular formula is C19H21N3O2S. The maximum Gasteiger partial charge on any atom is 0.241 e. The van der Waals surface area contributed by atoms with E-state index in [0.29, 0.717) is 17.1 Å². The minimum atomic E-state index is -3.48. The van der Waals surface area contributed by atoms with E-state index in [-0.39, 0.29) is 5.17 Å². The van der Waals surface area contributed by atoms with Crippen LogP contribution in [0.1, 0.15) is 12.0 Å². The lowest BCUT2D eigenvalue weighted by Crippen LogP contribution is -2.38. The molecule has 6 heteroatoms. The van der Waals surface area contributed by atoms with Gasteiger partial charge in [0.05, 0.1) is 5.69 Å². The van der Waals surface area contributed by atoms with E-state index in [4.69, 9.17) is 0 Å². The lowest BCUT2D eigenvalue weighted by Gasteiger charge is -2.22. The molecule has 0 N–H and O–H groups in total. The Hall–Kier alpha value is -2.18. The number of benzene rings is 2. The maximum atomic E-state index is 12.8. The number of nitrogens with zero attached hydrogens (tertiary/aromatic N) is 3. The first kappa shape index (κ1) is 16.3. The van der Waals surface area contributed by atoms with Crippen molar-refractivity contribution in [1.29, 1.82) is 0 Å². The van der Waals surface area contributed by atoms with Crippen molar-refractivity contribution in [3.8, 4) is 0 Å². The Morgan fingerprint density at radius 3 is 2.44 bits per heavy atom. The van der Waals surface area contributed by atoms with Gasteiger partial charge in [-0.15, -0.1) is 0 Å². The van der Waals surface area contributed by atoms with E-state index < -0.39 is 9.84 Å². The highest BCUT2D eigenvalue weighted by Crippen LogP contribution is 2.33. The fourth-order valence-corrected chi connectivity index (χ4v) is 5.03. The van der Waals surface area contributed by atoms with Gasteiger partial charge in [0.2, 0.25) is 15.0 Å². The molecule has 2 aliphatic heterocycles. The smallest absolute Gasteiger partial charge is 0.241 e. The summed E-state index contributed by atoms with van der Waals surface area (Å²) >= 11 is 0. The zero-order valence-corrected chi connectivity index (χ0v) is 14.8. The Kier molecular flexibility index (Phi) is 4.31. The third kappa shape index (κ3) is 3.19. The molecule has 0 aliphatic carbocycles. The highest BCUT2D eigenvalue weighted by atomic mass is 32.2. The van der Waals surface area contributed by atoms with Crippen molar-refractivity contribution in [2.24, 2.45) is 4.99 Å². The van der Waals surface area contributed by atoms with Crippen LogP contribution in [0.25, 0.3) is 0 Å². The van der Waals surface area contributed by atoms with Crippen LogP contribution in [0.5, 0.6) is 0 Å². The molecular weight excluding hydrogens is 334 g/mol. The van der Waals surface area contributed by atoms with E-state index in [1.165, 1.54) is 5.56 Å². The second kappa shape index (κ2) is 6.61. The first-order valence-corrected chi connectivity index (χ1v) is 10.1. The molecule has 5 nitrogen and oxygen atoms in total. The van der Waals surface area contributed by atoms with Crippen LogP contribution in [0.4, 0.5) is 5.69 Å². The SMILES string of the molecule is O=S1(=O)C(N2CCCN(Cc3ccccc3)CC2)=Nc2ccccc21. The molecule has 0 radical (unpaired) electrons. The highest BCUT2D eigenvalue weighted by molar-refractivity contribution is 8.06. The van der Waals surface area contributed by atoms with Crippen molar-refractivity contribution in [2.45, 2.75) is 17.9 Å². The number of rotatable bonds is 2. The zero-order valence-electron chi connectivity index (χ0n) is 14.0. The van der Waals surface area contributed by atoms with Crippen molar-refractivity contribution in [3.05, 3.63) is 60.2 Å².